The van der Waals surface area contributed by atoms with Gasteiger partial charge in [0, 0.05) is 19.3 Å². The Morgan fingerprint density at radius 3 is 0.826 bits per heavy atom. The largest absolute Gasteiger partial charge is 0.462 e. The zero-order chi connectivity index (χ0) is 50.4. The molecule has 0 fully saturated rings. The Kier molecular flexibility index (Phi) is 54.4. The molecule has 0 heterocycles. The van der Waals surface area contributed by atoms with E-state index in [-0.39, 0.29) is 31.1 Å². The average molecular weight is 976 g/mol. The van der Waals surface area contributed by atoms with Crippen LogP contribution in [0.4, 0.5) is 0 Å². The summed E-state index contributed by atoms with van der Waals surface area (Å²) in [7, 11) is 0. The fourth-order valence-corrected chi connectivity index (χ4v) is 9.73. The second-order valence-corrected chi connectivity index (χ2v) is 22.4. The third kappa shape index (κ3) is 55.6. The fourth-order valence-electron chi connectivity index (χ4n) is 9.73. The molecule has 6 nitrogen and oxygen atoms in total. The molecule has 0 aromatic heterocycles. The van der Waals surface area contributed by atoms with Crippen LogP contribution >= 0.6 is 0 Å². The van der Waals surface area contributed by atoms with E-state index >= 15 is 0 Å². The molecule has 0 aromatic carbocycles. The number of carbonyl (C=O) groups is 3. The van der Waals surface area contributed by atoms with E-state index in [2.05, 4.69) is 34.6 Å². The SMILES string of the molecule is CCCCCCCCCCCCCCCCCC(=O)OC[C@H](COC(=O)CCCCCCCCCCCCCC(C)C)OC(=O)CCCCCCCCCCCCCCCCCCCCC(C)CC. The molecule has 69 heavy (non-hydrogen) atoms. The highest BCUT2D eigenvalue weighted by Crippen LogP contribution is 2.19. The van der Waals surface area contributed by atoms with E-state index in [0.717, 1.165) is 69.6 Å². The predicted octanol–water partition coefficient (Wildman–Crippen LogP) is 20.8. The van der Waals surface area contributed by atoms with Gasteiger partial charge in [0.15, 0.2) is 6.10 Å². The maximum absolute atomic E-state index is 12.9. The summed E-state index contributed by atoms with van der Waals surface area (Å²) in [6, 6.07) is 0. The van der Waals surface area contributed by atoms with Crippen LogP contribution in [0.3, 0.4) is 0 Å². The number of hydrogen-bond acceptors (Lipinski definition) is 6. The molecule has 0 aliphatic rings. The predicted molar refractivity (Wildman–Crippen MR) is 298 cm³/mol. The van der Waals surface area contributed by atoms with E-state index in [1.165, 1.54) is 244 Å². The first-order valence-electron chi connectivity index (χ1n) is 31.3. The number of ether oxygens (including phenoxy) is 3. The van der Waals surface area contributed by atoms with Crippen LogP contribution in [-0.4, -0.2) is 37.2 Å². The minimum atomic E-state index is -0.763. The normalized spacial score (nSPS) is 12.4. The van der Waals surface area contributed by atoms with Gasteiger partial charge in [0.05, 0.1) is 0 Å². The number of esters is 3. The van der Waals surface area contributed by atoms with Crippen LogP contribution in [0.15, 0.2) is 0 Å². The molecule has 1 unspecified atom stereocenters. The van der Waals surface area contributed by atoms with E-state index in [1.807, 2.05) is 0 Å². The quantitative estimate of drug-likeness (QED) is 0.0343. The van der Waals surface area contributed by atoms with Gasteiger partial charge in [0.25, 0.3) is 0 Å². The van der Waals surface area contributed by atoms with Gasteiger partial charge >= 0.3 is 17.9 Å². The maximum atomic E-state index is 12.9. The van der Waals surface area contributed by atoms with Crippen LogP contribution in [0.25, 0.3) is 0 Å². The van der Waals surface area contributed by atoms with Crippen molar-refractivity contribution in [2.45, 2.75) is 362 Å². The van der Waals surface area contributed by atoms with Gasteiger partial charge in [-0.05, 0) is 31.1 Å². The zero-order valence-corrected chi connectivity index (χ0v) is 47.5. The lowest BCUT2D eigenvalue weighted by atomic mass is 9.99. The molecule has 0 amide bonds. The van der Waals surface area contributed by atoms with E-state index in [4.69, 9.17) is 14.2 Å². The molecule has 6 heteroatoms. The van der Waals surface area contributed by atoms with Crippen LogP contribution in [0.1, 0.15) is 356 Å². The van der Waals surface area contributed by atoms with E-state index < -0.39 is 6.10 Å². The average Bonchev–Trinajstić information content (AvgIpc) is 3.34. The van der Waals surface area contributed by atoms with Gasteiger partial charge in [0.1, 0.15) is 13.2 Å². The smallest absolute Gasteiger partial charge is 0.306 e. The van der Waals surface area contributed by atoms with Gasteiger partial charge in [-0.1, -0.05) is 317 Å². The van der Waals surface area contributed by atoms with Crippen LogP contribution in [0.5, 0.6) is 0 Å². The number of rotatable bonds is 57. The highest BCUT2D eigenvalue weighted by Gasteiger charge is 2.19. The summed E-state index contributed by atoms with van der Waals surface area (Å²) in [5.41, 5.74) is 0. The van der Waals surface area contributed by atoms with Gasteiger partial charge in [-0.15, -0.1) is 0 Å². The van der Waals surface area contributed by atoms with Gasteiger partial charge in [0.2, 0.25) is 0 Å². The zero-order valence-electron chi connectivity index (χ0n) is 47.5. The molecule has 0 aliphatic heterocycles. The lowest BCUT2D eigenvalue weighted by Crippen LogP contribution is -2.30. The fraction of sp³-hybridized carbons (Fsp3) is 0.952. The van der Waals surface area contributed by atoms with Crippen molar-refractivity contribution in [3.8, 4) is 0 Å². The van der Waals surface area contributed by atoms with Crippen LogP contribution in [0.2, 0.25) is 0 Å². The number of unbranched alkanes of at least 4 members (excludes halogenated alkanes) is 41. The molecule has 0 N–H and O–H groups in total. The van der Waals surface area contributed by atoms with Crippen LogP contribution in [0, 0.1) is 11.8 Å². The van der Waals surface area contributed by atoms with Gasteiger partial charge < -0.3 is 14.2 Å². The first kappa shape index (κ1) is 67.4. The summed E-state index contributed by atoms with van der Waals surface area (Å²) < 4.78 is 16.9. The third-order valence-corrected chi connectivity index (χ3v) is 14.8. The molecular weight excluding hydrogens is 853 g/mol. The molecule has 0 spiro atoms. The third-order valence-electron chi connectivity index (χ3n) is 14.8. The van der Waals surface area contributed by atoms with Crippen molar-refractivity contribution in [1.29, 1.82) is 0 Å². The second-order valence-electron chi connectivity index (χ2n) is 22.4. The van der Waals surface area contributed by atoms with Crippen molar-refractivity contribution in [1.82, 2.24) is 0 Å². The summed E-state index contributed by atoms with van der Waals surface area (Å²) in [5.74, 6) is 0.902. The molecule has 0 rings (SSSR count). The molecule has 0 bridgehead atoms. The standard InChI is InChI=1S/C63H122O6/c1-6-8-9-10-11-12-13-14-19-23-28-33-38-43-48-53-61(64)67-56-60(57-68-62(65)54-49-44-39-34-30-25-26-31-36-41-46-51-58(3)4)69-63(66)55-50-45-40-35-29-24-21-18-16-15-17-20-22-27-32-37-42-47-52-59(5)7-2/h58-60H,6-57H2,1-5H3/t59?,60-/m1/s1. The van der Waals surface area contributed by atoms with Crippen molar-refractivity contribution in [3.05, 3.63) is 0 Å². The Hall–Kier alpha value is -1.59. The Labute approximate surface area is 431 Å². The van der Waals surface area contributed by atoms with Gasteiger partial charge in [-0.2, -0.15) is 0 Å². The summed E-state index contributed by atoms with van der Waals surface area (Å²) >= 11 is 0. The first-order chi connectivity index (χ1) is 33.8. The van der Waals surface area contributed by atoms with Gasteiger partial charge in [-0.3, -0.25) is 14.4 Å². The Bertz CT molecular complexity index is 1060. The molecular formula is C63H122O6. The second kappa shape index (κ2) is 55.7. The van der Waals surface area contributed by atoms with Crippen molar-refractivity contribution in [2.75, 3.05) is 13.2 Å². The van der Waals surface area contributed by atoms with E-state index in [0.29, 0.717) is 19.3 Å². The van der Waals surface area contributed by atoms with E-state index in [1.54, 1.807) is 0 Å². The summed E-state index contributed by atoms with van der Waals surface area (Å²) in [6.45, 7) is 11.5. The van der Waals surface area contributed by atoms with Gasteiger partial charge in [-0.25, -0.2) is 0 Å². The maximum Gasteiger partial charge on any atom is 0.306 e. The molecule has 410 valence electrons. The Balaban J connectivity index is 4.26. The monoisotopic (exact) mass is 975 g/mol. The van der Waals surface area contributed by atoms with Crippen LogP contribution in [-0.2, 0) is 28.6 Å². The molecule has 0 aliphatic carbocycles. The topological polar surface area (TPSA) is 78.9 Å². The summed E-state index contributed by atoms with van der Waals surface area (Å²) in [4.78, 5) is 38.2. The van der Waals surface area contributed by atoms with Crippen molar-refractivity contribution in [3.63, 3.8) is 0 Å². The summed E-state index contributed by atoms with van der Waals surface area (Å²) in [5, 5.41) is 0. The highest BCUT2D eigenvalue weighted by atomic mass is 16.6. The van der Waals surface area contributed by atoms with Crippen molar-refractivity contribution >= 4 is 17.9 Å². The molecule has 2 atom stereocenters. The number of carbonyl (C=O) groups excluding carboxylic acids is 3. The lowest BCUT2D eigenvalue weighted by molar-refractivity contribution is -0.167. The molecule has 0 saturated heterocycles. The van der Waals surface area contributed by atoms with Crippen LogP contribution < -0.4 is 0 Å². The van der Waals surface area contributed by atoms with E-state index in [9.17, 15) is 14.4 Å². The molecule has 0 aromatic rings. The summed E-state index contributed by atoms with van der Waals surface area (Å²) in [6.07, 6.45) is 61.0. The van der Waals surface area contributed by atoms with Crippen molar-refractivity contribution < 1.29 is 28.6 Å². The number of hydrogen-bond donors (Lipinski definition) is 0. The minimum Gasteiger partial charge on any atom is -0.462 e. The minimum absolute atomic E-state index is 0.0621. The molecule has 0 radical (unpaired) electrons. The highest BCUT2D eigenvalue weighted by molar-refractivity contribution is 5.71. The first-order valence-corrected chi connectivity index (χ1v) is 31.3. The van der Waals surface area contributed by atoms with Crippen molar-refractivity contribution in [2.24, 2.45) is 11.8 Å². The molecule has 0 saturated carbocycles. The Morgan fingerprint density at radius 1 is 0.304 bits per heavy atom. The lowest BCUT2D eigenvalue weighted by Gasteiger charge is -2.18. The Morgan fingerprint density at radius 2 is 0.551 bits per heavy atom.